The van der Waals surface area contributed by atoms with Crippen LogP contribution in [0.25, 0.3) is 0 Å². The summed E-state index contributed by atoms with van der Waals surface area (Å²) in [4.78, 5) is 25.6. The summed E-state index contributed by atoms with van der Waals surface area (Å²) in [6, 6.07) is 3.00. The van der Waals surface area contributed by atoms with Crippen LogP contribution in [0.3, 0.4) is 0 Å². The number of hydrogen-bond acceptors (Lipinski definition) is 7. The van der Waals surface area contributed by atoms with Crippen LogP contribution in [0.15, 0.2) is 18.3 Å². The van der Waals surface area contributed by atoms with Crippen molar-refractivity contribution in [1.82, 2.24) is 4.98 Å². The van der Waals surface area contributed by atoms with Crippen molar-refractivity contribution in [3.05, 3.63) is 28.4 Å². The molecule has 1 aromatic rings. The fourth-order valence-corrected chi connectivity index (χ4v) is 2.25. The summed E-state index contributed by atoms with van der Waals surface area (Å²) in [6.07, 6.45) is 5.15. The molecular formula is C15H21N3O5. The third-order valence-corrected chi connectivity index (χ3v) is 3.52. The predicted octanol–water partition coefficient (Wildman–Crippen LogP) is 2.29. The smallest absolute Gasteiger partial charge is 0.335 e. The number of ether oxygens (including phenoxy) is 2. The van der Waals surface area contributed by atoms with Crippen LogP contribution in [-0.2, 0) is 14.3 Å². The average Bonchev–Trinajstić information content (AvgIpc) is 3.08. The van der Waals surface area contributed by atoms with Gasteiger partial charge in [-0.3, -0.25) is 10.1 Å². The third-order valence-electron chi connectivity index (χ3n) is 3.52. The van der Waals surface area contributed by atoms with E-state index in [1.165, 1.54) is 12.3 Å². The Morgan fingerprint density at radius 2 is 2.30 bits per heavy atom. The van der Waals surface area contributed by atoms with Crippen molar-refractivity contribution in [2.24, 2.45) is 0 Å². The first kappa shape index (κ1) is 17.1. The van der Waals surface area contributed by atoms with Gasteiger partial charge in [0.15, 0.2) is 6.10 Å². The van der Waals surface area contributed by atoms with Crippen LogP contribution >= 0.6 is 0 Å². The number of carbonyl (C=O) groups is 1. The molecule has 0 aromatic carbocycles. The molecule has 1 aromatic heterocycles. The third kappa shape index (κ3) is 5.82. The molecule has 0 bridgehead atoms. The minimum absolute atomic E-state index is 0.0244. The highest BCUT2D eigenvalue weighted by atomic mass is 16.6. The van der Waals surface area contributed by atoms with Crippen LogP contribution in [-0.4, -0.2) is 41.7 Å². The van der Waals surface area contributed by atoms with E-state index in [2.05, 4.69) is 10.3 Å². The van der Waals surface area contributed by atoms with Crippen molar-refractivity contribution >= 4 is 17.5 Å². The number of nitrogens with zero attached hydrogens (tertiary/aromatic N) is 2. The van der Waals surface area contributed by atoms with Crippen LogP contribution in [0.1, 0.15) is 32.1 Å². The zero-order valence-corrected chi connectivity index (χ0v) is 12.9. The highest BCUT2D eigenvalue weighted by Crippen LogP contribution is 2.14. The maximum Gasteiger partial charge on any atom is 0.335 e. The summed E-state index contributed by atoms with van der Waals surface area (Å²) in [7, 11) is 0. The molecule has 2 rings (SSSR count). The maximum atomic E-state index is 11.6. The van der Waals surface area contributed by atoms with Crippen LogP contribution in [0.4, 0.5) is 11.5 Å². The van der Waals surface area contributed by atoms with E-state index in [0.717, 1.165) is 32.1 Å². The Hall–Kier alpha value is -2.22. The number of esters is 1. The Labute approximate surface area is 134 Å². The molecule has 0 aliphatic carbocycles. The number of anilines is 1. The summed E-state index contributed by atoms with van der Waals surface area (Å²) < 4.78 is 10.4. The van der Waals surface area contributed by atoms with Crippen LogP contribution in [0.5, 0.6) is 0 Å². The summed E-state index contributed by atoms with van der Waals surface area (Å²) in [5.74, 6) is 0.358. The Morgan fingerprint density at radius 1 is 1.43 bits per heavy atom. The molecule has 2 heterocycles. The van der Waals surface area contributed by atoms with Gasteiger partial charge >= 0.3 is 5.97 Å². The molecule has 1 atom stereocenters. The molecule has 0 saturated carbocycles. The fraction of sp³-hybridized carbons (Fsp3) is 0.600. The predicted molar refractivity (Wildman–Crippen MR) is 83.2 cm³/mol. The van der Waals surface area contributed by atoms with Gasteiger partial charge in [0.2, 0.25) is 0 Å². The minimum atomic E-state index is -0.477. The molecular weight excluding hydrogens is 302 g/mol. The standard InChI is InChI=1S/C15H21N3O5/c19-15(13-5-4-10-22-13)23-9-3-1-2-8-16-14-7-6-12(11-17-14)18(20)21/h6-7,11,13H,1-5,8-10H2,(H,16,17). The second-order valence-electron chi connectivity index (χ2n) is 5.32. The van der Waals surface area contributed by atoms with E-state index in [0.29, 0.717) is 25.6 Å². The Morgan fingerprint density at radius 3 is 2.96 bits per heavy atom. The molecule has 126 valence electrons. The summed E-state index contributed by atoms with van der Waals surface area (Å²) in [5.41, 5.74) is -0.0244. The summed E-state index contributed by atoms with van der Waals surface area (Å²) in [5, 5.41) is 13.6. The lowest BCUT2D eigenvalue weighted by atomic mass is 10.2. The first-order valence-corrected chi connectivity index (χ1v) is 7.79. The van der Waals surface area contributed by atoms with E-state index in [4.69, 9.17) is 9.47 Å². The van der Waals surface area contributed by atoms with E-state index >= 15 is 0 Å². The fourth-order valence-electron chi connectivity index (χ4n) is 2.25. The Balaban J connectivity index is 1.50. The van der Waals surface area contributed by atoms with E-state index in [9.17, 15) is 14.9 Å². The molecule has 1 saturated heterocycles. The van der Waals surface area contributed by atoms with E-state index in [1.54, 1.807) is 6.07 Å². The molecule has 1 aliphatic rings. The number of carbonyl (C=O) groups excluding carboxylic acids is 1. The molecule has 0 spiro atoms. The lowest BCUT2D eigenvalue weighted by Gasteiger charge is -2.09. The van der Waals surface area contributed by atoms with Gasteiger partial charge in [-0.05, 0) is 38.2 Å². The number of pyridine rings is 1. The Kier molecular flexibility index (Phi) is 6.74. The van der Waals surface area contributed by atoms with Gasteiger partial charge in [-0.25, -0.2) is 9.78 Å². The first-order chi connectivity index (χ1) is 11.2. The van der Waals surface area contributed by atoms with Gasteiger partial charge in [0.1, 0.15) is 12.0 Å². The second-order valence-corrected chi connectivity index (χ2v) is 5.32. The number of aromatic nitrogens is 1. The van der Waals surface area contributed by atoms with Crippen LogP contribution in [0, 0.1) is 10.1 Å². The molecule has 8 nitrogen and oxygen atoms in total. The van der Waals surface area contributed by atoms with Crippen molar-refractivity contribution in [3.8, 4) is 0 Å². The highest BCUT2D eigenvalue weighted by Gasteiger charge is 2.24. The van der Waals surface area contributed by atoms with E-state index < -0.39 is 4.92 Å². The van der Waals surface area contributed by atoms with Crippen LogP contribution < -0.4 is 5.32 Å². The van der Waals surface area contributed by atoms with Crippen molar-refractivity contribution in [3.63, 3.8) is 0 Å². The molecule has 1 N–H and O–H groups in total. The molecule has 0 radical (unpaired) electrons. The molecule has 1 unspecified atom stereocenters. The number of unbranched alkanes of at least 4 members (excludes halogenated alkanes) is 2. The monoisotopic (exact) mass is 323 g/mol. The zero-order chi connectivity index (χ0) is 16.5. The topological polar surface area (TPSA) is 104 Å². The van der Waals surface area contributed by atoms with Gasteiger partial charge < -0.3 is 14.8 Å². The Bertz CT molecular complexity index is 514. The number of nitrogens with one attached hydrogen (secondary N) is 1. The summed E-state index contributed by atoms with van der Waals surface area (Å²) in [6.45, 7) is 1.76. The van der Waals surface area contributed by atoms with Gasteiger partial charge in [-0.2, -0.15) is 0 Å². The summed E-state index contributed by atoms with van der Waals surface area (Å²) >= 11 is 0. The van der Waals surface area contributed by atoms with Gasteiger partial charge in [-0.15, -0.1) is 0 Å². The normalized spacial score (nSPS) is 17.0. The van der Waals surface area contributed by atoms with E-state index in [1.807, 2.05) is 0 Å². The van der Waals surface area contributed by atoms with E-state index in [-0.39, 0.29) is 17.8 Å². The van der Waals surface area contributed by atoms with Gasteiger partial charge in [-0.1, -0.05) is 0 Å². The average molecular weight is 323 g/mol. The number of hydrogen-bond donors (Lipinski definition) is 1. The molecule has 23 heavy (non-hydrogen) atoms. The second kappa shape index (κ2) is 9.04. The van der Waals surface area contributed by atoms with Crippen molar-refractivity contribution in [2.45, 2.75) is 38.2 Å². The largest absolute Gasteiger partial charge is 0.464 e. The zero-order valence-electron chi connectivity index (χ0n) is 12.9. The highest BCUT2D eigenvalue weighted by molar-refractivity contribution is 5.74. The molecule has 1 fully saturated rings. The lowest BCUT2D eigenvalue weighted by Crippen LogP contribution is -2.22. The van der Waals surface area contributed by atoms with Crippen molar-refractivity contribution < 1.29 is 19.2 Å². The minimum Gasteiger partial charge on any atom is -0.464 e. The maximum absolute atomic E-state index is 11.6. The van der Waals surface area contributed by atoms with Crippen LogP contribution in [0.2, 0.25) is 0 Å². The lowest BCUT2D eigenvalue weighted by molar-refractivity contribution is -0.385. The molecule has 8 heteroatoms. The molecule has 1 aliphatic heterocycles. The molecule has 0 amide bonds. The first-order valence-electron chi connectivity index (χ1n) is 7.79. The van der Waals surface area contributed by atoms with Crippen molar-refractivity contribution in [2.75, 3.05) is 25.1 Å². The van der Waals surface area contributed by atoms with Gasteiger partial charge in [0.05, 0.1) is 11.5 Å². The van der Waals surface area contributed by atoms with Gasteiger partial charge in [0, 0.05) is 19.2 Å². The number of nitro groups is 1. The quantitative estimate of drug-likeness (QED) is 0.322. The SMILES string of the molecule is O=C(OCCCCCNc1ccc([N+](=O)[O-])cn1)C1CCCO1. The number of rotatable bonds is 9. The van der Waals surface area contributed by atoms with Crippen molar-refractivity contribution in [1.29, 1.82) is 0 Å². The van der Waals surface area contributed by atoms with Gasteiger partial charge in [0.25, 0.3) is 5.69 Å².